The highest BCUT2D eigenvalue weighted by Crippen LogP contribution is 2.41. The molecule has 6 rings (SSSR count). The van der Waals surface area contributed by atoms with Gasteiger partial charge < -0.3 is 19.2 Å². The molecule has 0 saturated heterocycles. The van der Waals surface area contributed by atoms with Crippen molar-refractivity contribution >= 4 is 28.3 Å². The second-order valence-electron chi connectivity index (χ2n) is 8.25. The van der Waals surface area contributed by atoms with E-state index in [1.165, 1.54) is 13.3 Å². The van der Waals surface area contributed by atoms with Crippen LogP contribution in [0.25, 0.3) is 16.5 Å². The molecular weight excluding hydrogens is 444 g/mol. The molecule has 7 heteroatoms. The van der Waals surface area contributed by atoms with Crippen LogP contribution in [0, 0.1) is 0 Å². The number of fused-ring (bicyclic) bond motifs is 2. The lowest BCUT2D eigenvalue weighted by Crippen LogP contribution is -2.27. The molecule has 2 aliphatic rings. The predicted molar refractivity (Wildman–Crippen MR) is 130 cm³/mol. The summed E-state index contributed by atoms with van der Waals surface area (Å²) in [6.07, 6.45) is 3.09. The van der Waals surface area contributed by atoms with Crippen LogP contribution in [0.2, 0.25) is 0 Å². The highest BCUT2D eigenvalue weighted by Gasteiger charge is 2.41. The number of carbonyl (C=O) groups excluding carboxylic acids is 2. The molecule has 4 aromatic rings. The van der Waals surface area contributed by atoms with Gasteiger partial charge in [0, 0.05) is 29.7 Å². The van der Waals surface area contributed by atoms with Crippen molar-refractivity contribution < 1.29 is 23.8 Å². The molecule has 0 radical (unpaired) electrons. The first-order valence-electron chi connectivity index (χ1n) is 11.1. The number of hydrogen-bond acceptors (Lipinski definition) is 5. The molecule has 35 heavy (non-hydrogen) atoms. The van der Waals surface area contributed by atoms with Gasteiger partial charge in [0.1, 0.15) is 18.6 Å². The van der Waals surface area contributed by atoms with Gasteiger partial charge in [0.15, 0.2) is 17.3 Å². The summed E-state index contributed by atoms with van der Waals surface area (Å²) in [7, 11) is 1.46. The van der Waals surface area contributed by atoms with Gasteiger partial charge in [0.25, 0.3) is 11.8 Å². The first-order chi connectivity index (χ1) is 17.1. The Morgan fingerprint density at radius 2 is 1.63 bits per heavy atom. The Labute approximate surface area is 200 Å². The van der Waals surface area contributed by atoms with Crippen LogP contribution in [-0.2, 0) is 16.2 Å². The van der Waals surface area contributed by atoms with Crippen molar-refractivity contribution in [3.05, 3.63) is 108 Å². The number of ether oxygens (including phenoxy) is 3. The Morgan fingerprint density at radius 1 is 0.886 bits per heavy atom. The number of imide groups is 1. The van der Waals surface area contributed by atoms with Gasteiger partial charge in [-0.25, -0.2) is 0 Å². The van der Waals surface area contributed by atoms with Crippen molar-refractivity contribution in [2.45, 2.75) is 6.61 Å². The van der Waals surface area contributed by atoms with Gasteiger partial charge in [-0.3, -0.25) is 14.5 Å². The summed E-state index contributed by atoms with van der Waals surface area (Å²) in [6, 6.07) is 22.6. The topological polar surface area (TPSA) is 80.9 Å². The Morgan fingerprint density at radius 3 is 2.46 bits per heavy atom. The normalized spacial score (nSPS) is 15.1. The molecule has 7 nitrogen and oxygen atoms in total. The van der Waals surface area contributed by atoms with Crippen molar-refractivity contribution in [1.82, 2.24) is 9.88 Å². The number of hydrogen-bond donors (Lipinski definition) is 1. The van der Waals surface area contributed by atoms with Gasteiger partial charge in [-0.1, -0.05) is 42.5 Å². The summed E-state index contributed by atoms with van der Waals surface area (Å²) in [5.74, 6) is 0.986. The van der Waals surface area contributed by atoms with Crippen LogP contribution in [-0.4, -0.2) is 28.7 Å². The minimum absolute atomic E-state index is 0.156. The number of amides is 2. The van der Waals surface area contributed by atoms with Gasteiger partial charge in [-0.2, -0.15) is 0 Å². The Balaban J connectivity index is 1.41. The number of likely N-dealkylation sites (N-methyl/N-ethyl adjacent to an activating group) is 1. The largest absolute Gasteiger partial charge is 0.489 e. The van der Waals surface area contributed by atoms with Crippen LogP contribution < -0.4 is 14.2 Å². The summed E-state index contributed by atoms with van der Waals surface area (Å²) >= 11 is 0. The molecule has 0 unspecified atom stereocenters. The molecule has 0 bridgehead atoms. The van der Waals surface area contributed by atoms with Gasteiger partial charge >= 0.3 is 0 Å². The maximum atomic E-state index is 13.2. The lowest BCUT2D eigenvalue weighted by molar-refractivity contribution is -0.135. The Hall–Kier alpha value is -4.78. The van der Waals surface area contributed by atoms with E-state index in [1.807, 2.05) is 60.7 Å². The summed E-state index contributed by atoms with van der Waals surface area (Å²) in [5.41, 5.74) is 2.86. The molecule has 0 spiro atoms. The van der Waals surface area contributed by atoms with Gasteiger partial charge in [0.05, 0.1) is 11.1 Å². The van der Waals surface area contributed by atoms with Gasteiger partial charge in [-0.15, -0.1) is 0 Å². The van der Waals surface area contributed by atoms with Crippen LogP contribution >= 0.6 is 0 Å². The number of nitrogens with zero attached hydrogens (tertiary/aromatic N) is 1. The van der Waals surface area contributed by atoms with E-state index in [9.17, 15) is 9.59 Å². The quantitative estimate of drug-likeness (QED) is 0.429. The standard InChI is InChI=1S/C28H20N2O5/c1-30-27(31)25(26(28(30)32)24-16-34-22-9-5-6-10-23(22)35-24)20-14-29-21-12-11-18(13-19(20)21)33-15-17-7-3-2-4-8-17/h2-14,16,29H,15H2,1H3. The first kappa shape index (κ1) is 20.8. The van der Waals surface area contributed by atoms with Crippen molar-refractivity contribution in [3.63, 3.8) is 0 Å². The highest BCUT2D eigenvalue weighted by molar-refractivity contribution is 6.38. The molecule has 2 aliphatic heterocycles. The highest BCUT2D eigenvalue weighted by atomic mass is 16.6. The minimum Gasteiger partial charge on any atom is -0.489 e. The van der Waals surface area contributed by atoms with Crippen LogP contribution in [0.3, 0.4) is 0 Å². The minimum atomic E-state index is -0.454. The number of aromatic amines is 1. The van der Waals surface area contributed by atoms with Crippen molar-refractivity contribution in [1.29, 1.82) is 0 Å². The smallest absolute Gasteiger partial charge is 0.265 e. The molecule has 0 atom stereocenters. The monoisotopic (exact) mass is 464 g/mol. The third kappa shape index (κ3) is 3.54. The molecule has 1 N–H and O–H groups in total. The van der Waals surface area contributed by atoms with E-state index < -0.39 is 11.8 Å². The van der Waals surface area contributed by atoms with E-state index in [1.54, 1.807) is 18.3 Å². The summed E-state index contributed by atoms with van der Waals surface area (Å²) < 4.78 is 17.7. The zero-order valence-corrected chi connectivity index (χ0v) is 18.8. The van der Waals surface area contributed by atoms with E-state index in [4.69, 9.17) is 14.2 Å². The van der Waals surface area contributed by atoms with Crippen LogP contribution in [0.5, 0.6) is 17.2 Å². The molecule has 3 aromatic carbocycles. The molecule has 0 fully saturated rings. The number of para-hydroxylation sites is 2. The Kier molecular flexibility index (Phi) is 4.88. The van der Waals surface area contributed by atoms with Gasteiger partial charge in [-0.05, 0) is 35.9 Å². The van der Waals surface area contributed by atoms with E-state index in [0.717, 1.165) is 21.4 Å². The Bertz CT molecular complexity index is 1550. The van der Waals surface area contributed by atoms with Crippen molar-refractivity contribution in [2.75, 3.05) is 7.05 Å². The lowest BCUT2D eigenvalue weighted by Gasteiger charge is -2.18. The SMILES string of the molecule is CN1C(=O)C(C2=COc3ccccc3O2)=C(c2c[nH]c3ccc(OCc4ccccc4)cc23)C1=O. The fourth-order valence-corrected chi connectivity index (χ4v) is 4.26. The predicted octanol–water partition coefficient (Wildman–Crippen LogP) is 4.81. The zero-order chi connectivity index (χ0) is 23.9. The number of aromatic nitrogens is 1. The maximum absolute atomic E-state index is 13.2. The fourth-order valence-electron chi connectivity index (χ4n) is 4.26. The molecule has 172 valence electrons. The number of H-pyrrole nitrogens is 1. The fraction of sp³-hybridized carbons (Fsp3) is 0.0714. The summed E-state index contributed by atoms with van der Waals surface area (Å²) in [6.45, 7) is 0.414. The van der Waals surface area contributed by atoms with E-state index in [2.05, 4.69) is 4.98 Å². The second kappa shape index (κ2) is 8.22. The van der Waals surface area contributed by atoms with E-state index >= 15 is 0 Å². The average Bonchev–Trinajstić information content (AvgIpc) is 3.41. The number of rotatable bonds is 5. The van der Waals surface area contributed by atoms with Gasteiger partial charge in [0.2, 0.25) is 0 Å². The molecule has 0 saturated carbocycles. The number of nitrogens with one attached hydrogen (secondary N) is 1. The summed E-state index contributed by atoms with van der Waals surface area (Å²) in [4.78, 5) is 30.6. The third-order valence-electron chi connectivity index (χ3n) is 6.07. The molecule has 2 amide bonds. The maximum Gasteiger partial charge on any atom is 0.265 e. The van der Waals surface area contributed by atoms with Crippen molar-refractivity contribution in [3.8, 4) is 17.2 Å². The van der Waals surface area contributed by atoms with E-state index in [0.29, 0.717) is 29.4 Å². The van der Waals surface area contributed by atoms with Crippen molar-refractivity contribution in [2.24, 2.45) is 0 Å². The number of benzene rings is 3. The first-order valence-corrected chi connectivity index (χ1v) is 11.1. The van der Waals surface area contributed by atoms with E-state index in [-0.39, 0.29) is 16.9 Å². The zero-order valence-electron chi connectivity index (χ0n) is 18.8. The molecule has 0 aliphatic carbocycles. The van der Waals surface area contributed by atoms with Crippen LogP contribution in [0.1, 0.15) is 11.1 Å². The third-order valence-corrected chi connectivity index (χ3v) is 6.07. The summed E-state index contributed by atoms with van der Waals surface area (Å²) in [5, 5.41) is 0.761. The molecule has 3 heterocycles. The molecule has 1 aromatic heterocycles. The lowest BCUT2D eigenvalue weighted by atomic mass is 9.99. The average molecular weight is 464 g/mol. The second-order valence-corrected chi connectivity index (χ2v) is 8.25. The number of carbonyl (C=O) groups is 2. The van der Waals surface area contributed by atoms with Crippen LogP contribution in [0.15, 0.2) is 96.6 Å². The van der Waals surface area contributed by atoms with Crippen LogP contribution in [0.4, 0.5) is 0 Å². The molecular formula is C28H20N2O5.